The number of hydrogen-bond acceptors (Lipinski definition) is 1. The molecule has 214 valence electrons. The highest BCUT2D eigenvalue weighted by molar-refractivity contribution is 7.22. The zero-order chi connectivity index (χ0) is 30.6. The van der Waals surface area contributed by atoms with E-state index < -0.39 is 11.7 Å². The highest BCUT2D eigenvalue weighted by Crippen LogP contribution is 2.30. The third kappa shape index (κ3) is 14.0. The Morgan fingerprint density at radius 2 is 1.38 bits per heavy atom. The summed E-state index contributed by atoms with van der Waals surface area (Å²) in [6.07, 6.45) is 2.90. The predicted octanol–water partition coefficient (Wildman–Crippen LogP) is 11.6. The fourth-order valence-corrected chi connectivity index (χ4v) is 3.44. The fourth-order valence-electron chi connectivity index (χ4n) is 3.24. The van der Waals surface area contributed by atoms with Crippen molar-refractivity contribution in [1.82, 2.24) is 5.32 Å². The van der Waals surface area contributed by atoms with Gasteiger partial charge in [-0.15, -0.1) is 22.4 Å². The summed E-state index contributed by atoms with van der Waals surface area (Å²) in [4.78, 5) is 0. The second kappa shape index (κ2) is 20.3. The molecule has 0 radical (unpaired) electrons. The predicted molar refractivity (Wildman–Crippen MR) is 175 cm³/mol. The van der Waals surface area contributed by atoms with Gasteiger partial charge in [-0.2, -0.15) is 13.2 Å². The molecule has 5 heteroatoms. The lowest BCUT2D eigenvalue weighted by molar-refractivity contribution is -0.137. The van der Waals surface area contributed by atoms with Gasteiger partial charge in [-0.3, -0.25) is 0 Å². The minimum Gasteiger partial charge on any atom is -0.356 e. The molecule has 3 rings (SSSR count). The summed E-state index contributed by atoms with van der Waals surface area (Å²) < 4.78 is 38.1. The Balaban J connectivity index is 0.00000119. The molecule has 3 aromatic carbocycles. The smallest absolute Gasteiger partial charge is 0.356 e. The number of allylic oxidation sites excluding steroid dienone is 2. The summed E-state index contributed by atoms with van der Waals surface area (Å²) in [5.74, 6) is 0. The van der Waals surface area contributed by atoms with Gasteiger partial charge in [0.05, 0.1) is 5.56 Å². The molecule has 3 aromatic rings. The summed E-state index contributed by atoms with van der Waals surface area (Å²) in [5, 5.41) is 4.33. The lowest BCUT2D eigenvalue weighted by Gasteiger charge is -2.12. The van der Waals surface area contributed by atoms with Crippen LogP contribution in [-0.2, 0) is 6.18 Å². The zero-order valence-electron chi connectivity index (χ0n) is 24.0. The molecular formula is C35H43F3NP. The van der Waals surface area contributed by atoms with Crippen LogP contribution in [0.3, 0.4) is 0 Å². The van der Waals surface area contributed by atoms with Crippen LogP contribution in [0.15, 0.2) is 129 Å². The van der Waals surface area contributed by atoms with Crippen molar-refractivity contribution in [3.8, 4) is 11.1 Å². The van der Waals surface area contributed by atoms with Gasteiger partial charge in [0.25, 0.3) is 0 Å². The van der Waals surface area contributed by atoms with Crippen molar-refractivity contribution in [3.05, 3.63) is 146 Å². The molecule has 0 spiro atoms. The van der Waals surface area contributed by atoms with Gasteiger partial charge in [0.1, 0.15) is 0 Å². The van der Waals surface area contributed by atoms with Crippen LogP contribution in [0.4, 0.5) is 13.2 Å². The van der Waals surface area contributed by atoms with Gasteiger partial charge in [0.15, 0.2) is 0 Å². The third-order valence-corrected chi connectivity index (χ3v) is 5.56. The zero-order valence-corrected chi connectivity index (χ0v) is 25.2. The molecule has 1 unspecified atom stereocenters. The van der Waals surface area contributed by atoms with Crippen molar-refractivity contribution in [2.45, 2.75) is 46.2 Å². The third-order valence-electron chi connectivity index (χ3n) is 5.27. The van der Waals surface area contributed by atoms with Crippen molar-refractivity contribution in [2.24, 2.45) is 0 Å². The van der Waals surface area contributed by atoms with Crippen molar-refractivity contribution >= 4 is 21.0 Å². The van der Waals surface area contributed by atoms with E-state index in [-0.39, 0.29) is 0 Å². The molecular weight excluding hydrogens is 522 g/mol. The van der Waals surface area contributed by atoms with E-state index in [2.05, 4.69) is 66.5 Å². The van der Waals surface area contributed by atoms with Crippen LogP contribution in [0.2, 0.25) is 0 Å². The summed E-state index contributed by atoms with van der Waals surface area (Å²) >= 11 is 0. The average molecular weight is 566 g/mol. The first-order valence-electron chi connectivity index (χ1n) is 13.2. The number of rotatable bonds is 9. The largest absolute Gasteiger partial charge is 0.416 e. The maximum absolute atomic E-state index is 12.7. The minimum absolute atomic E-state index is 0.491. The van der Waals surface area contributed by atoms with E-state index in [4.69, 9.17) is 0 Å². The second-order valence-corrected chi connectivity index (χ2v) is 9.05. The van der Waals surface area contributed by atoms with Gasteiger partial charge in [-0.25, -0.2) is 0 Å². The first-order chi connectivity index (χ1) is 19.1. The van der Waals surface area contributed by atoms with E-state index >= 15 is 0 Å². The molecule has 1 nitrogen and oxygen atoms in total. The first-order valence-corrected chi connectivity index (χ1v) is 13.8. The van der Waals surface area contributed by atoms with Crippen LogP contribution >= 0.6 is 9.24 Å². The average Bonchev–Trinajstić information content (AvgIpc) is 2.98. The number of hydrogen-bond donors (Lipinski definition) is 1. The monoisotopic (exact) mass is 565 g/mol. The normalized spacial score (nSPS) is 10.3. The van der Waals surface area contributed by atoms with Crippen molar-refractivity contribution in [2.75, 3.05) is 0 Å². The lowest BCUT2D eigenvalue weighted by Crippen LogP contribution is -2.10. The van der Waals surface area contributed by atoms with Gasteiger partial charge in [0.2, 0.25) is 0 Å². The molecule has 0 fully saturated rings. The van der Waals surface area contributed by atoms with Crippen LogP contribution < -0.4 is 5.32 Å². The first kappa shape index (κ1) is 36.4. The molecule has 0 bridgehead atoms. The Kier molecular flexibility index (Phi) is 18.5. The van der Waals surface area contributed by atoms with Gasteiger partial charge >= 0.3 is 6.18 Å². The van der Waals surface area contributed by atoms with E-state index in [1.54, 1.807) is 6.08 Å². The van der Waals surface area contributed by atoms with Crippen LogP contribution in [-0.4, -0.2) is 0 Å². The molecule has 0 saturated heterocycles. The van der Waals surface area contributed by atoms with Gasteiger partial charge < -0.3 is 5.32 Å². The number of benzene rings is 3. The topological polar surface area (TPSA) is 12.0 Å². The highest BCUT2D eigenvalue weighted by atomic mass is 31.0. The summed E-state index contributed by atoms with van der Waals surface area (Å²) in [5.41, 5.74) is 4.29. The Labute approximate surface area is 242 Å². The van der Waals surface area contributed by atoms with E-state index in [1.807, 2.05) is 62.4 Å². The van der Waals surface area contributed by atoms with Crippen molar-refractivity contribution in [3.63, 3.8) is 0 Å². The van der Waals surface area contributed by atoms with E-state index in [1.165, 1.54) is 36.7 Å². The number of nitrogens with one attached hydrogen (secondary N) is 1. The van der Waals surface area contributed by atoms with Crippen molar-refractivity contribution < 1.29 is 13.2 Å². The Morgan fingerprint density at radius 1 is 0.850 bits per heavy atom. The summed E-state index contributed by atoms with van der Waals surface area (Å²) in [6.45, 7) is 23.7. The lowest BCUT2D eigenvalue weighted by atomic mass is 10.0. The van der Waals surface area contributed by atoms with Crippen LogP contribution in [0.5, 0.6) is 0 Å². The van der Waals surface area contributed by atoms with E-state index in [0.717, 1.165) is 28.8 Å². The fraction of sp³-hybridized carbons (Fsp3) is 0.200. The van der Waals surface area contributed by atoms with E-state index in [9.17, 15) is 13.2 Å². The SMILES string of the molecule is C=C.C=C(P)CCCC.C=C/C(=C\c1ccc(-c2ccccc2)cc1)NC(=C)c1ccc(C(F)(F)F)cc1.CC. The molecule has 0 aliphatic rings. The highest BCUT2D eigenvalue weighted by Gasteiger charge is 2.29. The molecule has 40 heavy (non-hydrogen) atoms. The molecule has 0 amide bonds. The Bertz CT molecular complexity index is 1180. The van der Waals surface area contributed by atoms with Gasteiger partial charge in [-0.1, -0.05) is 119 Å². The number of unbranched alkanes of at least 4 members (excludes halogenated alkanes) is 1. The van der Waals surface area contributed by atoms with Crippen LogP contribution in [0.1, 0.15) is 56.7 Å². The summed E-state index contributed by atoms with van der Waals surface area (Å²) in [6, 6.07) is 23.0. The maximum atomic E-state index is 12.7. The second-order valence-electron chi connectivity index (χ2n) is 8.23. The Hall–Kier alpha value is -3.62. The number of halogens is 3. The molecule has 0 aliphatic carbocycles. The van der Waals surface area contributed by atoms with E-state index in [0.29, 0.717) is 17.0 Å². The minimum atomic E-state index is -4.36. The molecule has 1 N–H and O–H groups in total. The van der Waals surface area contributed by atoms with Crippen molar-refractivity contribution in [1.29, 1.82) is 0 Å². The van der Waals surface area contributed by atoms with Gasteiger partial charge in [-0.05, 0) is 59.4 Å². The molecule has 0 aliphatic heterocycles. The number of alkyl halides is 3. The molecule has 0 aromatic heterocycles. The molecule has 1 atom stereocenters. The van der Waals surface area contributed by atoms with Crippen LogP contribution in [0, 0.1) is 0 Å². The van der Waals surface area contributed by atoms with Crippen LogP contribution in [0.25, 0.3) is 22.9 Å². The maximum Gasteiger partial charge on any atom is 0.416 e. The molecule has 0 heterocycles. The quantitative estimate of drug-likeness (QED) is 0.155. The standard InChI is InChI=1S/C25H20F3N.C6H13P.C2H6.C2H4/c1-3-24(29-18(2)20-13-15-23(16-14-20)25(26,27)28)17-19-9-11-22(12-10-19)21-7-5-4-6-8-21;1-3-4-5-6(2)7;2*1-2/h3-17,29H,1-2H2;2-5,7H2,1H3;1-2H3;1-2H2/b24-17+;;;. The van der Waals surface area contributed by atoms with Gasteiger partial charge in [0, 0.05) is 11.4 Å². The summed E-state index contributed by atoms with van der Waals surface area (Å²) in [7, 11) is 2.61. The Morgan fingerprint density at radius 3 is 1.80 bits per heavy atom. The molecule has 0 saturated carbocycles.